The summed E-state index contributed by atoms with van der Waals surface area (Å²) in [5.41, 5.74) is 4.73. The molecule has 1 saturated heterocycles. The highest BCUT2D eigenvalue weighted by atomic mass is 16.7. The smallest absolute Gasteiger partial charge is 0.378 e. The van der Waals surface area contributed by atoms with Crippen LogP contribution in [0.5, 0.6) is 0 Å². The number of fused-ring (bicyclic) bond motifs is 2. The number of rotatable bonds is 1. The van der Waals surface area contributed by atoms with Gasteiger partial charge in [0.25, 0.3) is 0 Å². The number of benzene rings is 1. The molecule has 4 rings (SSSR count). The van der Waals surface area contributed by atoms with Crippen LogP contribution in [0.4, 0.5) is 4.79 Å². The lowest BCUT2D eigenvalue weighted by molar-refractivity contribution is 0.0280. The van der Waals surface area contributed by atoms with Gasteiger partial charge in [0, 0.05) is 30.4 Å². The second kappa shape index (κ2) is 7.03. The van der Waals surface area contributed by atoms with Gasteiger partial charge in [-0.15, -0.1) is 0 Å². The van der Waals surface area contributed by atoms with Gasteiger partial charge < -0.3 is 9.64 Å². The zero-order valence-electron chi connectivity index (χ0n) is 13.9. The van der Waals surface area contributed by atoms with E-state index in [0.717, 1.165) is 29.7 Å². The highest BCUT2D eigenvalue weighted by Gasteiger charge is 2.23. The van der Waals surface area contributed by atoms with Crippen LogP contribution in [-0.2, 0) is 22.4 Å². The minimum absolute atomic E-state index is 0.442. The third-order valence-electron chi connectivity index (χ3n) is 4.53. The summed E-state index contributed by atoms with van der Waals surface area (Å²) in [7, 11) is 0. The largest absolute Gasteiger partial charge is 0.436 e. The van der Waals surface area contributed by atoms with E-state index in [1.807, 2.05) is 30.3 Å². The predicted octanol–water partition coefficient (Wildman–Crippen LogP) is 2.40. The SMILES string of the molecule is O=C(O/N=C1\c2ccccc2CCc2ncccc21)N1CCOCC1. The first-order valence-electron chi connectivity index (χ1n) is 8.47. The number of hydrogen-bond acceptors (Lipinski definition) is 5. The second-order valence-electron chi connectivity index (χ2n) is 6.05. The van der Waals surface area contributed by atoms with Crippen molar-refractivity contribution >= 4 is 11.8 Å². The summed E-state index contributed by atoms with van der Waals surface area (Å²) >= 11 is 0. The highest BCUT2D eigenvalue weighted by molar-refractivity contribution is 6.14. The van der Waals surface area contributed by atoms with Gasteiger partial charge in [-0.25, -0.2) is 4.79 Å². The third-order valence-corrected chi connectivity index (χ3v) is 4.53. The Labute approximate surface area is 146 Å². The van der Waals surface area contributed by atoms with Crippen molar-refractivity contribution in [2.24, 2.45) is 5.16 Å². The molecule has 25 heavy (non-hydrogen) atoms. The fourth-order valence-electron chi connectivity index (χ4n) is 3.21. The van der Waals surface area contributed by atoms with Crippen molar-refractivity contribution in [2.75, 3.05) is 26.3 Å². The zero-order chi connectivity index (χ0) is 17.1. The first kappa shape index (κ1) is 15.8. The predicted molar refractivity (Wildman–Crippen MR) is 92.6 cm³/mol. The average Bonchev–Trinajstić information content (AvgIpc) is 2.84. The van der Waals surface area contributed by atoms with Crippen LogP contribution in [0.25, 0.3) is 0 Å². The maximum absolute atomic E-state index is 12.3. The Morgan fingerprint density at radius 2 is 1.88 bits per heavy atom. The maximum Gasteiger partial charge on any atom is 0.436 e. The van der Waals surface area contributed by atoms with Gasteiger partial charge in [-0.1, -0.05) is 29.4 Å². The monoisotopic (exact) mass is 337 g/mol. The number of aromatic nitrogens is 1. The van der Waals surface area contributed by atoms with E-state index in [2.05, 4.69) is 16.2 Å². The Hall–Kier alpha value is -2.73. The number of oxime groups is 1. The van der Waals surface area contributed by atoms with E-state index in [9.17, 15) is 4.79 Å². The van der Waals surface area contributed by atoms with Crippen molar-refractivity contribution < 1.29 is 14.4 Å². The molecule has 2 heterocycles. The van der Waals surface area contributed by atoms with E-state index in [1.54, 1.807) is 11.1 Å². The molecule has 6 heteroatoms. The quantitative estimate of drug-likeness (QED) is 0.592. The Morgan fingerprint density at radius 3 is 2.76 bits per heavy atom. The summed E-state index contributed by atoms with van der Waals surface area (Å²) < 4.78 is 5.26. The first-order chi connectivity index (χ1) is 12.3. The van der Waals surface area contributed by atoms with Gasteiger partial charge in [-0.2, -0.15) is 0 Å². The summed E-state index contributed by atoms with van der Waals surface area (Å²) in [4.78, 5) is 23.7. The molecule has 0 spiro atoms. The van der Waals surface area contributed by atoms with Gasteiger partial charge in [-0.05, 0) is 30.5 Å². The molecule has 0 atom stereocenters. The van der Waals surface area contributed by atoms with Gasteiger partial charge in [0.1, 0.15) is 5.71 Å². The number of hydrogen-bond donors (Lipinski definition) is 0. The number of pyridine rings is 1. The van der Waals surface area contributed by atoms with Crippen LogP contribution in [0.15, 0.2) is 47.8 Å². The van der Waals surface area contributed by atoms with Crippen LogP contribution < -0.4 is 0 Å². The molecule has 2 aromatic rings. The van der Waals surface area contributed by atoms with Gasteiger partial charge in [0.15, 0.2) is 0 Å². The van der Waals surface area contributed by atoms with Crippen molar-refractivity contribution in [1.82, 2.24) is 9.88 Å². The summed E-state index contributed by atoms with van der Waals surface area (Å²) in [6.07, 6.45) is 3.06. The highest BCUT2D eigenvalue weighted by Crippen LogP contribution is 2.24. The Morgan fingerprint density at radius 1 is 1.08 bits per heavy atom. The van der Waals surface area contributed by atoms with Crippen LogP contribution in [-0.4, -0.2) is 48.0 Å². The fourth-order valence-corrected chi connectivity index (χ4v) is 3.21. The number of nitrogens with zero attached hydrogens (tertiary/aromatic N) is 3. The minimum Gasteiger partial charge on any atom is -0.378 e. The number of morpholine rings is 1. The molecular formula is C19H19N3O3. The van der Waals surface area contributed by atoms with Gasteiger partial charge in [-0.3, -0.25) is 9.82 Å². The molecule has 2 aliphatic rings. The van der Waals surface area contributed by atoms with Crippen LogP contribution >= 0.6 is 0 Å². The molecule has 128 valence electrons. The third kappa shape index (κ3) is 3.25. The number of amides is 1. The van der Waals surface area contributed by atoms with Crippen molar-refractivity contribution in [3.8, 4) is 0 Å². The number of aryl methyl sites for hydroxylation is 2. The van der Waals surface area contributed by atoms with Crippen molar-refractivity contribution in [2.45, 2.75) is 12.8 Å². The molecular weight excluding hydrogens is 318 g/mol. The zero-order valence-corrected chi connectivity index (χ0v) is 13.9. The molecule has 1 amide bonds. The average molecular weight is 337 g/mol. The van der Waals surface area contributed by atoms with Gasteiger partial charge in [0.2, 0.25) is 0 Å². The van der Waals surface area contributed by atoms with Crippen LogP contribution in [0.2, 0.25) is 0 Å². The van der Waals surface area contributed by atoms with Crippen molar-refractivity contribution in [1.29, 1.82) is 0 Å². The van der Waals surface area contributed by atoms with Gasteiger partial charge >= 0.3 is 6.09 Å². The molecule has 0 bridgehead atoms. The molecule has 0 N–H and O–H groups in total. The van der Waals surface area contributed by atoms with E-state index in [-0.39, 0.29) is 0 Å². The molecule has 6 nitrogen and oxygen atoms in total. The number of carbonyl (C=O) groups is 1. The van der Waals surface area contributed by atoms with E-state index in [0.29, 0.717) is 32.0 Å². The van der Waals surface area contributed by atoms with Crippen molar-refractivity contribution in [3.63, 3.8) is 0 Å². The molecule has 1 fully saturated rings. The molecule has 0 unspecified atom stereocenters. The molecule has 1 aromatic carbocycles. The summed E-state index contributed by atoms with van der Waals surface area (Å²) in [6.45, 7) is 2.11. The molecule has 0 radical (unpaired) electrons. The van der Waals surface area contributed by atoms with E-state index in [1.165, 1.54) is 5.56 Å². The molecule has 1 aromatic heterocycles. The van der Waals surface area contributed by atoms with Gasteiger partial charge in [0.05, 0.1) is 18.9 Å². The topological polar surface area (TPSA) is 64.0 Å². The first-order valence-corrected chi connectivity index (χ1v) is 8.47. The molecule has 1 aliphatic carbocycles. The van der Waals surface area contributed by atoms with E-state index in [4.69, 9.17) is 9.57 Å². The van der Waals surface area contributed by atoms with Crippen LogP contribution in [0, 0.1) is 0 Å². The fraction of sp³-hybridized carbons (Fsp3) is 0.316. The van der Waals surface area contributed by atoms with E-state index >= 15 is 0 Å². The van der Waals surface area contributed by atoms with Crippen LogP contribution in [0.1, 0.15) is 22.4 Å². The lowest BCUT2D eigenvalue weighted by atomic mass is 10.00. The molecule has 1 aliphatic heterocycles. The second-order valence-corrected chi connectivity index (χ2v) is 6.05. The summed E-state index contributed by atoms with van der Waals surface area (Å²) in [5, 5.41) is 4.25. The normalized spacial score (nSPS) is 18.2. The number of ether oxygens (including phenoxy) is 1. The lowest BCUT2D eigenvalue weighted by Gasteiger charge is -2.24. The summed E-state index contributed by atoms with van der Waals surface area (Å²) in [6, 6.07) is 11.9. The van der Waals surface area contributed by atoms with Crippen LogP contribution in [0.3, 0.4) is 0 Å². The standard InChI is InChI=1S/C19H19N3O3/c23-19(22-10-12-24-13-11-22)25-21-18-15-5-2-1-4-14(15)7-8-17-16(18)6-3-9-20-17/h1-6,9H,7-8,10-13H2/b21-18+. The van der Waals surface area contributed by atoms with E-state index < -0.39 is 6.09 Å². The number of carbonyl (C=O) groups excluding carboxylic acids is 1. The summed E-state index contributed by atoms with van der Waals surface area (Å²) in [5.74, 6) is 0. The Bertz CT molecular complexity index is 764. The van der Waals surface area contributed by atoms with Crippen molar-refractivity contribution in [3.05, 3.63) is 65.0 Å². The Kier molecular flexibility index (Phi) is 4.43. The Balaban J connectivity index is 1.68. The lowest BCUT2D eigenvalue weighted by Crippen LogP contribution is -2.40. The minimum atomic E-state index is -0.442. The maximum atomic E-state index is 12.3. The molecule has 0 saturated carbocycles.